The lowest BCUT2D eigenvalue weighted by atomic mass is 9.70. The van der Waals surface area contributed by atoms with Gasteiger partial charge in [-0.1, -0.05) is 27.2 Å². The van der Waals surface area contributed by atoms with Crippen LogP contribution in [-0.4, -0.2) is 29.4 Å². The minimum Gasteiger partial charge on any atom is -0.268 e. The van der Waals surface area contributed by atoms with Gasteiger partial charge in [0.1, 0.15) is 11.2 Å². The van der Waals surface area contributed by atoms with Crippen molar-refractivity contribution in [2.24, 2.45) is 11.3 Å². The second-order valence-corrected chi connectivity index (χ2v) is 11.3. The molecule has 4 heterocycles. The molecule has 0 saturated carbocycles. The van der Waals surface area contributed by atoms with Gasteiger partial charge in [0, 0.05) is 23.5 Å². The highest BCUT2D eigenvalue weighted by Crippen LogP contribution is 2.44. The molecule has 0 saturated heterocycles. The average molecular weight is 501 g/mol. The Morgan fingerprint density at radius 3 is 2.77 bits per heavy atom. The molecule has 0 bridgehead atoms. The third-order valence-corrected chi connectivity index (χ3v) is 9.60. The molecule has 0 aromatic carbocycles. The standard InChI is InChI=1S/C23H29BrN6S/c1-6-23(4,5)15-7-8-16-17(11-15)31-22-19(16)21-26-18(28-30(21)12-25-22)9-10-29-14(3)20(24)13(2)27-29/h12,15H,6-11H2,1-5H3. The van der Waals surface area contributed by atoms with E-state index in [2.05, 4.69) is 48.7 Å². The summed E-state index contributed by atoms with van der Waals surface area (Å²) >= 11 is 5.47. The molecule has 5 rings (SSSR count). The summed E-state index contributed by atoms with van der Waals surface area (Å²) in [4.78, 5) is 12.3. The van der Waals surface area contributed by atoms with Crippen molar-refractivity contribution in [3.63, 3.8) is 0 Å². The van der Waals surface area contributed by atoms with Gasteiger partial charge in [0.05, 0.1) is 15.6 Å². The molecule has 164 valence electrons. The molecule has 0 fully saturated rings. The van der Waals surface area contributed by atoms with Crippen molar-refractivity contribution in [1.82, 2.24) is 29.4 Å². The second-order valence-electron chi connectivity index (χ2n) is 9.46. The van der Waals surface area contributed by atoms with Crippen LogP contribution in [0.25, 0.3) is 15.9 Å². The SMILES string of the molecule is CCC(C)(C)C1CCc2c(sc3ncn4nc(CCn5nc(C)c(Br)c5C)nc4c23)C1. The lowest BCUT2D eigenvalue weighted by molar-refractivity contribution is 0.184. The molecule has 8 heteroatoms. The average Bonchev–Trinajstić information content (AvgIpc) is 3.41. The fraction of sp³-hybridized carbons (Fsp3) is 0.565. The maximum atomic E-state index is 4.94. The zero-order valence-corrected chi connectivity index (χ0v) is 21.3. The minimum atomic E-state index is 0.386. The number of fused-ring (bicyclic) bond motifs is 5. The van der Waals surface area contributed by atoms with Gasteiger partial charge < -0.3 is 0 Å². The Labute approximate surface area is 195 Å². The quantitative estimate of drug-likeness (QED) is 0.352. The smallest absolute Gasteiger partial charge is 0.167 e. The van der Waals surface area contributed by atoms with Gasteiger partial charge in [-0.25, -0.2) is 14.5 Å². The van der Waals surface area contributed by atoms with E-state index in [1.54, 1.807) is 0 Å². The van der Waals surface area contributed by atoms with Gasteiger partial charge in [-0.3, -0.25) is 4.68 Å². The van der Waals surface area contributed by atoms with Crippen molar-refractivity contribution in [1.29, 1.82) is 0 Å². The molecule has 1 atom stereocenters. The van der Waals surface area contributed by atoms with Crippen LogP contribution in [0.2, 0.25) is 0 Å². The summed E-state index contributed by atoms with van der Waals surface area (Å²) in [5, 5.41) is 10.6. The van der Waals surface area contributed by atoms with E-state index in [0.29, 0.717) is 5.41 Å². The van der Waals surface area contributed by atoms with E-state index in [1.807, 2.05) is 33.8 Å². The fourth-order valence-electron chi connectivity index (χ4n) is 4.78. The van der Waals surface area contributed by atoms with Gasteiger partial charge in [-0.05, 0) is 65.9 Å². The minimum absolute atomic E-state index is 0.386. The van der Waals surface area contributed by atoms with Gasteiger partial charge in [0.2, 0.25) is 0 Å². The number of aryl methyl sites for hydroxylation is 4. The van der Waals surface area contributed by atoms with Crippen molar-refractivity contribution >= 4 is 43.1 Å². The molecule has 0 radical (unpaired) electrons. The number of nitrogens with zero attached hydrogens (tertiary/aromatic N) is 6. The Morgan fingerprint density at radius 2 is 2.06 bits per heavy atom. The molecule has 1 unspecified atom stereocenters. The number of hydrogen-bond acceptors (Lipinski definition) is 5. The molecular weight excluding hydrogens is 472 g/mol. The van der Waals surface area contributed by atoms with Crippen molar-refractivity contribution in [2.45, 2.75) is 73.3 Å². The first-order valence-corrected chi connectivity index (χ1v) is 12.7. The van der Waals surface area contributed by atoms with E-state index < -0.39 is 0 Å². The highest BCUT2D eigenvalue weighted by molar-refractivity contribution is 9.10. The van der Waals surface area contributed by atoms with Gasteiger partial charge in [0.25, 0.3) is 0 Å². The highest BCUT2D eigenvalue weighted by atomic mass is 79.9. The van der Waals surface area contributed by atoms with Crippen LogP contribution < -0.4 is 0 Å². The number of halogens is 1. The molecule has 0 aliphatic heterocycles. The molecule has 0 N–H and O–H groups in total. The summed E-state index contributed by atoms with van der Waals surface area (Å²) in [7, 11) is 0. The molecule has 31 heavy (non-hydrogen) atoms. The molecule has 6 nitrogen and oxygen atoms in total. The normalized spacial score (nSPS) is 17.0. The maximum Gasteiger partial charge on any atom is 0.167 e. The summed E-state index contributed by atoms with van der Waals surface area (Å²) < 4.78 is 4.97. The summed E-state index contributed by atoms with van der Waals surface area (Å²) in [5.41, 5.74) is 4.96. The molecule has 0 spiro atoms. The third-order valence-electron chi connectivity index (χ3n) is 7.29. The number of aromatic nitrogens is 6. The summed E-state index contributed by atoms with van der Waals surface area (Å²) in [6, 6.07) is 0. The zero-order chi connectivity index (χ0) is 21.9. The van der Waals surface area contributed by atoms with Gasteiger partial charge >= 0.3 is 0 Å². The molecule has 4 aromatic rings. The number of hydrogen-bond donors (Lipinski definition) is 0. The Kier molecular flexibility index (Phi) is 5.20. The van der Waals surface area contributed by atoms with Gasteiger partial charge in [0.15, 0.2) is 11.5 Å². The Bertz CT molecular complexity index is 1280. The molecule has 4 aromatic heterocycles. The Balaban J connectivity index is 1.47. The van der Waals surface area contributed by atoms with Crippen LogP contribution >= 0.6 is 27.3 Å². The molecule has 0 amide bonds. The molecular formula is C23H29BrN6S. The summed E-state index contributed by atoms with van der Waals surface area (Å²) in [6.45, 7) is 12.0. The van der Waals surface area contributed by atoms with Crippen LogP contribution in [0.15, 0.2) is 10.8 Å². The van der Waals surface area contributed by atoms with Gasteiger partial charge in [-0.2, -0.15) is 5.10 Å². The second kappa shape index (κ2) is 7.66. The van der Waals surface area contributed by atoms with E-state index in [-0.39, 0.29) is 0 Å². The first-order chi connectivity index (χ1) is 14.8. The van der Waals surface area contributed by atoms with Crippen LogP contribution in [0.3, 0.4) is 0 Å². The van der Waals surface area contributed by atoms with Crippen molar-refractivity contribution < 1.29 is 0 Å². The summed E-state index contributed by atoms with van der Waals surface area (Å²) in [5.74, 6) is 1.58. The molecule has 1 aliphatic rings. The zero-order valence-electron chi connectivity index (χ0n) is 18.9. The van der Waals surface area contributed by atoms with E-state index in [0.717, 1.165) is 63.9 Å². The van der Waals surface area contributed by atoms with Crippen molar-refractivity contribution in [3.8, 4) is 0 Å². The fourth-order valence-corrected chi connectivity index (χ4v) is 6.32. The topological polar surface area (TPSA) is 60.9 Å². The largest absolute Gasteiger partial charge is 0.268 e. The van der Waals surface area contributed by atoms with Crippen LogP contribution in [0.5, 0.6) is 0 Å². The van der Waals surface area contributed by atoms with E-state index in [9.17, 15) is 0 Å². The number of rotatable bonds is 5. The van der Waals surface area contributed by atoms with Crippen molar-refractivity contribution in [2.75, 3.05) is 0 Å². The Morgan fingerprint density at radius 1 is 1.26 bits per heavy atom. The predicted molar refractivity (Wildman–Crippen MR) is 129 cm³/mol. The first kappa shape index (κ1) is 21.1. The third kappa shape index (κ3) is 3.52. The van der Waals surface area contributed by atoms with Crippen molar-refractivity contribution in [3.05, 3.63) is 38.5 Å². The van der Waals surface area contributed by atoms with Gasteiger partial charge in [-0.15, -0.1) is 16.4 Å². The predicted octanol–water partition coefficient (Wildman–Crippen LogP) is 5.70. The van der Waals surface area contributed by atoms with Crippen LogP contribution in [0, 0.1) is 25.2 Å². The van der Waals surface area contributed by atoms with Crippen LogP contribution in [0.1, 0.15) is 61.3 Å². The van der Waals surface area contributed by atoms with E-state index >= 15 is 0 Å². The molecule has 1 aliphatic carbocycles. The number of thiophene rings is 1. The van der Waals surface area contributed by atoms with Crippen LogP contribution in [0.4, 0.5) is 0 Å². The monoisotopic (exact) mass is 500 g/mol. The van der Waals surface area contributed by atoms with Crippen LogP contribution in [-0.2, 0) is 25.8 Å². The maximum absolute atomic E-state index is 4.94. The van der Waals surface area contributed by atoms with E-state index in [4.69, 9.17) is 15.1 Å². The van der Waals surface area contributed by atoms with E-state index in [1.165, 1.54) is 28.7 Å². The lowest BCUT2D eigenvalue weighted by Crippen LogP contribution is -2.28. The summed E-state index contributed by atoms with van der Waals surface area (Å²) in [6.07, 6.45) is 7.32. The highest BCUT2D eigenvalue weighted by Gasteiger charge is 2.33. The Hall–Kier alpha value is -1.80. The first-order valence-electron chi connectivity index (χ1n) is 11.1. The lowest BCUT2D eigenvalue weighted by Gasteiger charge is -2.36.